The van der Waals surface area contributed by atoms with E-state index in [0.29, 0.717) is 13.0 Å². The average Bonchev–Trinajstić information content (AvgIpc) is 2.89. The van der Waals surface area contributed by atoms with Gasteiger partial charge in [0.05, 0.1) is 25.2 Å². The van der Waals surface area contributed by atoms with Gasteiger partial charge in [-0.15, -0.1) is 0 Å². The van der Waals surface area contributed by atoms with Crippen LogP contribution in [0.5, 0.6) is 0 Å². The summed E-state index contributed by atoms with van der Waals surface area (Å²) in [6.07, 6.45) is 3.85. The van der Waals surface area contributed by atoms with E-state index in [0.717, 1.165) is 16.8 Å². The zero-order valence-corrected chi connectivity index (χ0v) is 12.0. The maximum atomic E-state index is 8.67. The molecule has 21 heavy (non-hydrogen) atoms. The smallest absolute Gasteiger partial charge is 0.184 e. The van der Waals surface area contributed by atoms with Crippen molar-refractivity contribution in [2.24, 2.45) is 10.8 Å². The van der Waals surface area contributed by atoms with Crippen LogP contribution >= 0.6 is 12.2 Å². The normalized spacial score (nSPS) is 10.4. The van der Waals surface area contributed by atoms with Crippen LogP contribution in [0.4, 0.5) is 0 Å². The highest BCUT2D eigenvalue weighted by atomic mass is 32.1. The molecule has 0 amide bonds. The summed E-state index contributed by atoms with van der Waals surface area (Å²) < 4.78 is 1.73. The third-order valence-electron chi connectivity index (χ3n) is 2.67. The van der Waals surface area contributed by atoms with Crippen molar-refractivity contribution < 1.29 is 0 Å². The lowest BCUT2D eigenvalue weighted by Crippen LogP contribution is -2.24. The monoisotopic (exact) mass is 298 g/mol. The second kappa shape index (κ2) is 7.17. The fraction of sp³-hybridized carbons (Fsp3) is 0.143. The van der Waals surface area contributed by atoms with Gasteiger partial charge < -0.3 is 5.73 Å². The van der Waals surface area contributed by atoms with Crippen molar-refractivity contribution in [3.05, 3.63) is 42.1 Å². The molecule has 106 valence electrons. The molecule has 0 atom stereocenters. The molecule has 0 bridgehead atoms. The summed E-state index contributed by atoms with van der Waals surface area (Å²) in [5, 5.41) is 17.2. The Hall–Kier alpha value is -2.72. The van der Waals surface area contributed by atoms with Crippen LogP contribution in [-0.4, -0.2) is 21.1 Å². The lowest BCUT2D eigenvalue weighted by Gasteiger charge is -1.98. The molecule has 0 saturated heterocycles. The van der Waals surface area contributed by atoms with Crippen LogP contribution in [0.1, 0.15) is 12.0 Å². The minimum Gasteiger partial charge on any atom is -0.375 e. The molecule has 0 unspecified atom stereocenters. The molecule has 2 aromatic rings. The molecule has 0 aliphatic heterocycles. The number of thiocarbonyl (C=S) groups is 1. The highest BCUT2D eigenvalue weighted by molar-refractivity contribution is 7.80. The number of rotatable bonds is 5. The summed E-state index contributed by atoms with van der Waals surface area (Å²) in [5.41, 5.74) is 10.4. The number of nitriles is 1. The van der Waals surface area contributed by atoms with Crippen LogP contribution in [-0.2, 0) is 6.54 Å². The van der Waals surface area contributed by atoms with Gasteiger partial charge in [0.1, 0.15) is 5.69 Å². The van der Waals surface area contributed by atoms with Gasteiger partial charge in [-0.05, 0) is 12.2 Å². The van der Waals surface area contributed by atoms with Gasteiger partial charge in [0.25, 0.3) is 0 Å². The third kappa shape index (κ3) is 4.12. The van der Waals surface area contributed by atoms with E-state index in [2.05, 4.69) is 21.7 Å². The molecule has 6 nitrogen and oxygen atoms in total. The Balaban J connectivity index is 2.32. The summed E-state index contributed by atoms with van der Waals surface area (Å²) in [6.45, 7) is 0.535. The lowest BCUT2D eigenvalue weighted by molar-refractivity contribution is 0.629. The van der Waals surface area contributed by atoms with Crippen LogP contribution in [0.25, 0.3) is 11.3 Å². The Morgan fingerprint density at radius 1 is 1.48 bits per heavy atom. The highest BCUT2D eigenvalue weighted by Gasteiger charge is 2.09. The molecule has 0 spiro atoms. The zero-order valence-electron chi connectivity index (χ0n) is 11.2. The Labute approximate surface area is 127 Å². The number of nitrogens with one attached hydrogen (secondary N) is 1. The topological polar surface area (TPSA) is 92.0 Å². The van der Waals surface area contributed by atoms with Crippen molar-refractivity contribution in [1.82, 2.24) is 15.2 Å². The molecule has 0 saturated carbocycles. The number of benzene rings is 1. The highest BCUT2D eigenvalue weighted by Crippen LogP contribution is 2.20. The Kier molecular flexibility index (Phi) is 5.01. The maximum absolute atomic E-state index is 8.67. The summed E-state index contributed by atoms with van der Waals surface area (Å²) >= 11 is 4.70. The Morgan fingerprint density at radius 2 is 2.24 bits per heavy atom. The molecule has 3 N–H and O–H groups in total. The fourth-order valence-electron chi connectivity index (χ4n) is 1.80. The van der Waals surface area contributed by atoms with Gasteiger partial charge in [0, 0.05) is 17.3 Å². The standard InChI is InChI=1S/C14H14N6S/c15-7-4-8-20-10-12(9-17-18-14(16)21)13(19-20)11-5-2-1-3-6-11/h1-3,5-6,9-10H,4,8H2,(H3,16,18,21)/b17-9+. The van der Waals surface area contributed by atoms with Gasteiger partial charge in [-0.2, -0.15) is 15.5 Å². The summed E-state index contributed by atoms with van der Waals surface area (Å²) in [7, 11) is 0. The molecule has 0 aliphatic carbocycles. The summed E-state index contributed by atoms with van der Waals surface area (Å²) in [6, 6.07) is 11.9. The SMILES string of the molecule is N#CCCn1cc(/C=N/NC(N)=S)c(-c2ccccc2)n1. The number of hydrazone groups is 1. The molecule has 0 radical (unpaired) electrons. The average molecular weight is 298 g/mol. The van der Waals surface area contributed by atoms with Crippen molar-refractivity contribution in [2.45, 2.75) is 13.0 Å². The van der Waals surface area contributed by atoms with Crippen LogP contribution in [0.3, 0.4) is 0 Å². The van der Waals surface area contributed by atoms with Crippen LogP contribution in [0.15, 0.2) is 41.6 Å². The number of aryl methyl sites for hydroxylation is 1. The number of hydrogen-bond donors (Lipinski definition) is 2. The molecule has 2 rings (SSSR count). The second-order valence-electron chi connectivity index (χ2n) is 4.20. The van der Waals surface area contributed by atoms with E-state index in [1.807, 2.05) is 36.5 Å². The quantitative estimate of drug-likeness (QED) is 0.497. The van der Waals surface area contributed by atoms with Gasteiger partial charge >= 0.3 is 0 Å². The predicted molar refractivity (Wildman–Crippen MR) is 85.4 cm³/mol. The van der Waals surface area contributed by atoms with E-state index in [-0.39, 0.29) is 5.11 Å². The number of hydrogen-bond acceptors (Lipinski definition) is 4. The molecule has 1 heterocycles. The Bertz CT molecular complexity index is 683. The van der Waals surface area contributed by atoms with Crippen molar-refractivity contribution in [1.29, 1.82) is 5.26 Å². The third-order valence-corrected chi connectivity index (χ3v) is 2.76. The van der Waals surface area contributed by atoms with E-state index < -0.39 is 0 Å². The van der Waals surface area contributed by atoms with E-state index in [9.17, 15) is 0 Å². The molecule has 1 aromatic carbocycles. The van der Waals surface area contributed by atoms with Crippen molar-refractivity contribution in [2.75, 3.05) is 0 Å². The number of nitrogens with zero attached hydrogens (tertiary/aromatic N) is 4. The lowest BCUT2D eigenvalue weighted by atomic mass is 10.1. The van der Waals surface area contributed by atoms with Crippen LogP contribution in [0, 0.1) is 11.3 Å². The van der Waals surface area contributed by atoms with Crippen molar-refractivity contribution in [3.63, 3.8) is 0 Å². The van der Waals surface area contributed by atoms with Crippen molar-refractivity contribution >= 4 is 23.5 Å². The first-order chi connectivity index (χ1) is 10.2. The predicted octanol–water partition coefficient (Wildman–Crippen LogP) is 1.63. The minimum atomic E-state index is 0.101. The molecule has 1 aromatic heterocycles. The van der Waals surface area contributed by atoms with Gasteiger partial charge in [-0.25, -0.2) is 0 Å². The molecule has 7 heteroatoms. The molecule has 0 fully saturated rings. The minimum absolute atomic E-state index is 0.101. The van der Waals surface area contributed by atoms with Gasteiger partial charge in [0.2, 0.25) is 0 Å². The summed E-state index contributed by atoms with van der Waals surface area (Å²) in [5.74, 6) is 0. The first-order valence-electron chi connectivity index (χ1n) is 6.29. The van der Waals surface area contributed by atoms with Gasteiger partial charge in [0.15, 0.2) is 5.11 Å². The number of nitrogens with two attached hydrogens (primary N) is 1. The number of aromatic nitrogens is 2. The van der Waals surface area contributed by atoms with Gasteiger partial charge in [-0.1, -0.05) is 30.3 Å². The second-order valence-corrected chi connectivity index (χ2v) is 4.64. The maximum Gasteiger partial charge on any atom is 0.184 e. The van der Waals surface area contributed by atoms with E-state index in [1.165, 1.54) is 0 Å². The zero-order chi connectivity index (χ0) is 15.1. The van der Waals surface area contributed by atoms with E-state index >= 15 is 0 Å². The van der Waals surface area contributed by atoms with Gasteiger partial charge in [-0.3, -0.25) is 10.1 Å². The molecule has 0 aliphatic rings. The summed E-state index contributed by atoms with van der Waals surface area (Å²) in [4.78, 5) is 0. The molecular formula is C14H14N6S. The van der Waals surface area contributed by atoms with Crippen LogP contribution < -0.4 is 11.2 Å². The van der Waals surface area contributed by atoms with E-state index in [4.69, 9.17) is 23.2 Å². The first-order valence-corrected chi connectivity index (χ1v) is 6.70. The Morgan fingerprint density at radius 3 is 2.90 bits per heavy atom. The fourth-order valence-corrected chi connectivity index (χ4v) is 1.85. The first kappa shape index (κ1) is 14.7. The van der Waals surface area contributed by atoms with E-state index in [1.54, 1.807) is 10.9 Å². The molecular weight excluding hydrogens is 284 g/mol. The largest absolute Gasteiger partial charge is 0.375 e. The van der Waals surface area contributed by atoms with Crippen LogP contribution in [0.2, 0.25) is 0 Å². The van der Waals surface area contributed by atoms with Crippen molar-refractivity contribution in [3.8, 4) is 17.3 Å².